The molecule has 0 saturated carbocycles. The number of pyridine rings is 2. The summed E-state index contributed by atoms with van der Waals surface area (Å²) < 4.78 is 0. The zero-order valence-electron chi connectivity index (χ0n) is 10.1. The van der Waals surface area contributed by atoms with Crippen LogP contribution in [0.1, 0.15) is 16.1 Å². The van der Waals surface area contributed by atoms with Crippen molar-refractivity contribution in [1.82, 2.24) is 15.3 Å². The van der Waals surface area contributed by atoms with Crippen molar-refractivity contribution in [2.24, 2.45) is 0 Å². The van der Waals surface area contributed by atoms with Crippen LogP contribution < -0.4 is 10.6 Å². The fraction of sp³-hybridized carbons (Fsp3) is 0.154. The number of aromatic nitrogens is 2. The molecule has 0 saturated heterocycles. The van der Waals surface area contributed by atoms with Gasteiger partial charge in [0.2, 0.25) is 0 Å². The highest BCUT2D eigenvalue weighted by Gasteiger charge is 2.06. The minimum atomic E-state index is -0.193. The van der Waals surface area contributed by atoms with Crippen LogP contribution in [0.5, 0.6) is 0 Å². The number of nitrogens with zero attached hydrogens (tertiary/aromatic N) is 2. The van der Waals surface area contributed by atoms with E-state index in [2.05, 4.69) is 20.6 Å². The number of anilines is 1. The Morgan fingerprint density at radius 1 is 1.28 bits per heavy atom. The first-order chi connectivity index (χ1) is 8.79. The molecule has 0 aliphatic heterocycles. The van der Waals surface area contributed by atoms with E-state index in [-0.39, 0.29) is 5.91 Å². The maximum absolute atomic E-state index is 11.8. The van der Waals surface area contributed by atoms with Gasteiger partial charge in [0.05, 0.1) is 11.9 Å². The molecule has 0 bridgehead atoms. The highest BCUT2D eigenvalue weighted by molar-refractivity contribution is 5.92. The second kappa shape index (κ2) is 5.77. The molecule has 0 radical (unpaired) electrons. The van der Waals surface area contributed by atoms with Gasteiger partial charge >= 0.3 is 0 Å². The van der Waals surface area contributed by atoms with E-state index < -0.39 is 0 Å². The monoisotopic (exact) mass is 242 g/mol. The van der Waals surface area contributed by atoms with Crippen molar-refractivity contribution in [2.75, 3.05) is 12.4 Å². The van der Waals surface area contributed by atoms with Crippen molar-refractivity contribution in [3.63, 3.8) is 0 Å². The van der Waals surface area contributed by atoms with Gasteiger partial charge in [-0.05, 0) is 23.8 Å². The number of hydrogen-bond donors (Lipinski definition) is 2. The van der Waals surface area contributed by atoms with Crippen molar-refractivity contribution >= 4 is 11.6 Å². The Balaban J connectivity index is 1.95. The van der Waals surface area contributed by atoms with E-state index in [1.165, 1.54) is 0 Å². The van der Waals surface area contributed by atoms with Gasteiger partial charge in [0.15, 0.2) is 0 Å². The Hall–Kier alpha value is -2.43. The highest BCUT2D eigenvalue weighted by Crippen LogP contribution is 2.05. The zero-order chi connectivity index (χ0) is 12.8. The van der Waals surface area contributed by atoms with Crippen LogP contribution in [0.4, 0.5) is 5.69 Å². The highest BCUT2D eigenvalue weighted by atomic mass is 16.1. The number of rotatable bonds is 4. The topological polar surface area (TPSA) is 66.9 Å². The van der Waals surface area contributed by atoms with Crippen LogP contribution in [-0.2, 0) is 6.54 Å². The van der Waals surface area contributed by atoms with Gasteiger partial charge in [-0.3, -0.25) is 9.78 Å². The van der Waals surface area contributed by atoms with Gasteiger partial charge in [0, 0.05) is 26.0 Å². The number of carbonyl (C=O) groups is 1. The number of carbonyl (C=O) groups excluding carboxylic acids is 1. The van der Waals surface area contributed by atoms with Crippen LogP contribution in [0.15, 0.2) is 42.9 Å². The molecule has 0 atom stereocenters. The molecule has 0 aliphatic rings. The summed E-state index contributed by atoms with van der Waals surface area (Å²) in [5.41, 5.74) is 2.23. The normalized spacial score (nSPS) is 9.83. The third-order valence-corrected chi connectivity index (χ3v) is 2.46. The van der Waals surface area contributed by atoms with Gasteiger partial charge in [-0.1, -0.05) is 6.07 Å². The molecule has 2 rings (SSSR count). The Bertz CT molecular complexity index is 510. The van der Waals surface area contributed by atoms with Gasteiger partial charge < -0.3 is 10.6 Å². The predicted octanol–water partition coefficient (Wildman–Crippen LogP) is 1.45. The quantitative estimate of drug-likeness (QED) is 0.851. The van der Waals surface area contributed by atoms with E-state index in [1.807, 2.05) is 18.2 Å². The SMILES string of the molecule is CNc1ccc(C(=O)NCc2cccnc2)nc1. The van der Waals surface area contributed by atoms with Crippen LogP contribution in [0.2, 0.25) is 0 Å². The smallest absolute Gasteiger partial charge is 0.270 e. The molecule has 2 N–H and O–H groups in total. The molecule has 2 aromatic rings. The lowest BCUT2D eigenvalue weighted by atomic mass is 10.2. The lowest BCUT2D eigenvalue weighted by Crippen LogP contribution is -2.23. The molecule has 2 aromatic heterocycles. The van der Waals surface area contributed by atoms with E-state index in [0.717, 1.165) is 11.3 Å². The second-order valence-electron chi connectivity index (χ2n) is 3.73. The maximum atomic E-state index is 11.8. The van der Waals surface area contributed by atoms with Gasteiger partial charge in [0.25, 0.3) is 5.91 Å². The van der Waals surface area contributed by atoms with Crippen LogP contribution in [-0.4, -0.2) is 22.9 Å². The maximum Gasteiger partial charge on any atom is 0.270 e. The molecule has 0 aliphatic carbocycles. The Morgan fingerprint density at radius 2 is 2.17 bits per heavy atom. The predicted molar refractivity (Wildman–Crippen MR) is 69.2 cm³/mol. The van der Waals surface area contributed by atoms with E-state index in [0.29, 0.717) is 12.2 Å². The summed E-state index contributed by atoms with van der Waals surface area (Å²) in [5, 5.41) is 5.74. The average Bonchev–Trinajstić information content (AvgIpc) is 2.46. The summed E-state index contributed by atoms with van der Waals surface area (Å²) >= 11 is 0. The largest absolute Gasteiger partial charge is 0.387 e. The summed E-state index contributed by atoms with van der Waals surface area (Å²) in [6.45, 7) is 0.447. The molecular formula is C13H14N4O. The van der Waals surface area contributed by atoms with E-state index in [9.17, 15) is 4.79 Å². The number of amides is 1. The molecule has 5 nitrogen and oxygen atoms in total. The van der Waals surface area contributed by atoms with Gasteiger partial charge in [-0.2, -0.15) is 0 Å². The molecular weight excluding hydrogens is 228 g/mol. The van der Waals surface area contributed by atoms with Crippen LogP contribution in [0.25, 0.3) is 0 Å². The molecule has 1 amide bonds. The fourth-order valence-electron chi connectivity index (χ4n) is 1.45. The average molecular weight is 242 g/mol. The van der Waals surface area contributed by atoms with Gasteiger partial charge in [-0.15, -0.1) is 0 Å². The van der Waals surface area contributed by atoms with Crippen LogP contribution >= 0.6 is 0 Å². The fourth-order valence-corrected chi connectivity index (χ4v) is 1.45. The van der Waals surface area contributed by atoms with E-state index in [1.54, 1.807) is 31.7 Å². The Labute approximate surface area is 105 Å². The van der Waals surface area contributed by atoms with Crippen molar-refractivity contribution in [1.29, 1.82) is 0 Å². The third-order valence-electron chi connectivity index (χ3n) is 2.46. The minimum absolute atomic E-state index is 0.193. The van der Waals surface area contributed by atoms with Crippen LogP contribution in [0.3, 0.4) is 0 Å². The summed E-state index contributed by atoms with van der Waals surface area (Å²) in [5.74, 6) is -0.193. The van der Waals surface area contributed by atoms with Crippen LogP contribution in [0, 0.1) is 0 Å². The van der Waals surface area contributed by atoms with Crippen molar-refractivity contribution in [2.45, 2.75) is 6.54 Å². The van der Waals surface area contributed by atoms with Gasteiger partial charge in [0.1, 0.15) is 5.69 Å². The summed E-state index contributed by atoms with van der Waals surface area (Å²) in [7, 11) is 1.80. The lowest BCUT2D eigenvalue weighted by Gasteiger charge is -2.05. The van der Waals surface area contributed by atoms with Crippen molar-refractivity contribution in [3.8, 4) is 0 Å². The molecule has 0 unspecified atom stereocenters. The first-order valence-corrected chi connectivity index (χ1v) is 5.60. The molecule has 0 aromatic carbocycles. The third kappa shape index (κ3) is 3.04. The standard InChI is InChI=1S/C13H14N4O/c1-14-11-4-5-12(16-9-11)13(18)17-8-10-3-2-6-15-7-10/h2-7,9,14H,8H2,1H3,(H,17,18). The zero-order valence-corrected chi connectivity index (χ0v) is 10.1. The number of hydrogen-bond acceptors (Lipinski definition) is 4. The summed E-state index contributed by atoms with van der Waals surface area (Å²) in [6.07, 6.45) is 5.04. The number of nitrogens with one attached hydrogen (secondary N) is 2. The second-order valence-corrected chi connectivity index (χ2v) is 3.73. The molecule has 2 heterocycles. The first-order valence-electron chi connectivity index (χ1n) is 5.60. The van der Waals surface area contributed by atoms with Crippen molar-refractivity contribution < 1.29 is 4.79 Å². The lowest BCUT2D eigenvalue weighted by molar-refractivity contribution is 0.0946. The molecule has 0 fully saturated rings. The Kier molecular flexibility index (Phi) is 3.86. The molecule has 18 heavy (non-hydrogen) atoms. The Morgan fingerprint density at radius 3 is 2.78 bits per heavy atom. The summed E-state index contributed by atoms with van der Waals surface area (Å²) in [6, 6.07) is 7.24. The van der Waals surface area contributed by atoms with E-state index >= 15 is 0 Å². The van der Waals surface area contributed by atoms with E-state index in [4.69, 9.17) is 0 Å². The summed E-state index contributed by atoms with van der Waals surface area (Å²) in [4.78, 5) is 19.9. The van der Waals surface area contributed by atoms with Gasteiger partial charge in [-0.25, -0.2) is 4.98 Å². The minimum Gasteiger partial charge on any atom is -0.387 e. The van der Waals surface area contributed by atoms with Crippen molar-refractivity contribution in [3.05, 3.63) is 54.1 Å². The molecule has 92 valence electrons. The molecule has 5 heteroatoms. The molecule has 0 spiro atoms. The first kappa shape index (κ1) is 12.0.